The van der Waals surface area contributed by atoms with Crippen molar-refractivity contribution in [3.8, 4) is 22.9 Å². The van der Waals surface area contributed by atoms with Crippen LogP contribution in [0.25, 0.3) is 32.8 Å². The summed E-state index contributed by atoms with van der Waals surface area (Å²) in [5, 5.41) is 12.7. The fourth-order valence-corrected chi connectivity index (χ4v) is 10.6. The molecular weight excluding hydrogens is 670 g/mol. The largest absolute Gasteiger partial charge is 0.508 e. The average Bonchev–Trinajstić information content (AvgIpc) is 3.66. The molecule has 0 amide bonds. The molecule has 4 fully saturated rings. The lowest BCUT2D eigenvalue weighted by atomic mass is 9.96. The lowest BCUT2D eigenvalue weighted by molar-refractivity contribution is 0.154. The van der Waals surface area contributed by atoms with Gasteiger partial charge in [0.15, 0.2) is 5.82 Å². The van der Waals surface area contributed by atoms with E-state index in [0.29, 0.717) is 48.4 Å². The summed E-state index contributed by atoms with van der Waals surface area (Å²) >= 11 is 0. The smallest absolute Gasteiger partial charge is 0.319 e. The number of piperazine rings is 2. The molecule has 51 heavy (non-hydrogen) atoms. The molecule has 4 saturated heterocycles. The highest BCUT2D eigenvalue weighted by molar-refractivity contribution is 7.89. The van der Waals surface area contributed by atoms with Crippen LogP contribution in [0, 0.1) is 5.82 Å². The first-order valence-electron chi connectivity index (χ1n) is 18.4. The van der Waals surface area contributed by atoms with Crippen LogP contribution >= 0.6 is 0 Å². The standard InChI is InChI=1S/C38H48FN7O4S/c1-42-16-18-44(19-17-42)15-6-20-51(48,49)46-27-10-11-28(46)24-45(23-27)37-33-13-12-32(34-22-30(47)21-26-7-3-4-9-31(26)34)35(39)36(33)40-38(41-37)50-25-29-8-5-14-43(29)2/h3-4,7,9,12-13,21-22,27-29,47H,5-6,8,10-11,14-20,23-25H2,1-2H3/t27-,28+,29-/m0/s1. The van der Waals surface area contributed by atoms with Crippen molar-refractivity contribution in [1.82, 2.24) is 29.0 Å². The number of phenolic OH excluding ortho intramolecular Hbond substituents is 1. The molecule has 8 rings (SSSR count). The number of likely N-dealkylation sites (tertiary alicyclic amines) is 1. The van der Waals surface area contributed by atoms with Gasteiger partial charge in [-0.05, 0) is 93.8 Å². The van der Waals surface area contributed by atoms with E-state index in [1.165, 1.54) is 0 Å². The van der Waals surface area contributed by atoms with Crippen LogP contribution in [0.2, 0.25) is 0 Å². The topological polar surface area (TPSA) is 106 Å². The Balaban J connectivity index is 1.09. The zero-order valence-electron chi connectivity index (χ0n) is 29.5. The van der Waals surface area contributed by atoms with Crippen LogP contribution in [-0.2, 0) is 10.0 Å². The van der Waals surface area contributed by atoms with Crippen LogP contribution in [0.3, 0.4) is 0 Å². The number of ether oxygens (including phenoxy) is 1. The predicted octanol–water partition coefficient (Wildman–Crippen LogP) is 4.39. The SMILES string of the molecule is CN1CCN(CCCS(=O)(=O)N2[C@@H]3CC[C@H]2CN(c2nc(OC[C@@H]4CCCN4C)nc4c(F)c(-c5cc(O)cc6ccccc56)ccc24)C3)CC1. The molecule has 0 saturated carbocycles. The number of halogens is 1. The van der Waals surface area contributed by atoms with Crippen molar-refractivity contribution in [3.63, 3.8) is 0 Å². The van der Waals surface area contributed by atoms with Gasteiger partial charge in [-0.3, -0.25) is 0 Å². The van der Waals surface area contributed by atoms with Crippen LogP contribution < -0.4 is 9.64 Å². The fourth-order valence-electron chi connectivity index (χ4n) is 8.66. The lowest BCUT2D eigenvalue weighted by Gasteiger charge is -2.41. The van der Waals surface area contributed by atoms with E-state index < -0.39 is 15.8 Å². The van der Waals surface area contributed by atoms with E-state index in [0.717, 1.165) is 75.7 Å². The summed E-state index contributed by atoms with van der Waals surface area (Å²) in [6.07, 6.45) is 4.28. The lowest BCUT2D eigenvalue weighted by Crippen LogP contribution is -2.56. The number of rotatable bonds is 10. The van der Waals surface area contributed by atoms with Gasteiger partial charge in [0.1, 0.15) is 23.7 Å². The minimum Gasteiger partial charge on any atom is -0.508 e. The highest BCUT2D eigenvalue weighted by Gasteiger charge is 2.46. The van der Waals surface area contributed by atoms with Crippen LogP contribution in [0.5, 0.6) is 11.8 Å². The Hall–Kier alpha value is -3.62. The average molecular weight is 718 g/mol. The molecule has 1 aromatic heterocycles. The Morgan fingerprint density at radius 1 is 0.902 bits per heavy atom. The van der Waals surface area contributed by atoms with Crippen LogP contribution in [0.1, 0.15) is 32.1 Å². The summed E-state index contributed by atoms with van der Waals surface area (Å²) in [5.41, 5.74) is 1.05. The maximum atomic E-state index is 16.9. The summed E-state index contributed by atoms with van der Waals surface area (Å²) in [4.78, 5) is 18.6. The van der Waals surface area contributed by atoms with Crippen molar-refractivity contribution >= 4 is 37.5 Å². The summed E-state index contributed by atoms with van der Waals surface area (Å²) in [6.45, 7) is 7.09. The number of aromatic hydroxyl groups is 1. The number of nitrogens with zero attached hydrogens (tertiary/aromatic N) is 7. The third-order valence-electron chi connectivity index (χ3n) is 11.5. The van der Waals surface area contributed by atoms with Crippen molar-refractivity contribution < 1.29 is 22.7 Å². The van der Waals surface area contributed by atoms with E-state index in [1.54, 1.807) is 22.5 Å². The minimum absolute atomic E-state index is 0.0545. The van der Waals surface area contributed by atoms with Gasteiger partial charge in [0.2, 0.25) is 10.0 Å². The van der Waals surface area contributed by atoms with Crippen LogP contribution in [0.4, 0.5) is 10.2 Å². The van der Waals surface area contributed by atoms with Gasteiger partial charge in [-0.15, -0.1) is 0 Å². The van der Waals surface area contributed by atoms with Gasteiger partial charge < -0.3 is 29.4 Å². The number of phenols is 1. The van der Waals surface area contributed by atoms with Crippen molar-refractivity contribution in [2.45, 2.75) is 50.2 Å². The molecular formula is C38H48FN7O4S. The summed E-state index contributed by atoms with van der Waals surface area (Å²) < 4.78 is 52.4. The molecule has 3 aromatic carbocycles. The second-order valence-corrected chi connectivity index (χ2v) is 16.9. The highest BCUT2D eigenvalue weighted by Crippen LogP contribution is 2.41. The number of fused-ring (bicyclic) bond motifs is 4. The number of sulfonamides is 1. The Morgan fingerprint density at radius 3 is 2.41 bits per heavy atom. The molecule has 3 atom stereocenters. The van der Waals surface area contributed by atoms with Gasteiger partial charge in [0.25, 0.3) is 0 Å². The molecule has 0 aliphatic carbocycles. The van der Waals surface area contributed by atoms with Crippen molar-refractivity contribution in [2.24, 2.45) is 0 Å². The number of hydrogen-bond acceptors (Lipinski definition) is 10. The molecule has 4 aliphatic rings. The molecule has 0 radical (unpaired) electrons. The minimum atomic E-state index is -3.45. The summed E-state index contributed by atoms with van der Waals surface area (Å²) in [5.74, 6) is 0.247. The summed E-state index contributed by atoms with van der Waals surface area (Å²) in [7, 11) is 0.753. The van der Waals surface area contributed by atoms with Gasteiger partial charge in [-0.2, -0.15) is 14.3 Å². The third-order valence-corrected chi connectivity index (χ3v) is 13.5. The monoisotopic (exact) mass is 717 g/mol. The van der Waals surface area contributed by atoms with Gasteiger partial charge in [-0.1, -0.05) is 30.3 Å². The Kier molecular flexibility index (Phi) is 9.51. The molecule has 2 bridgehead atoms. The second kappa shape index (κ2) is 14.1. The van der Waals surface area contributed by atoms with Gasteiger partial charge in [0, 0.05) is 68.3 Å². The molecule has 0 unspecified atom stereocenters. The van der Waals surface area contributed by atoms with E-state index in [9.17, 15) is 13.5 Å². The second-order valence-electron chi connectivity index (χ2n) is 14.9. The van der Waals surface area contributed by atoms with Crippen LogP contribution in [0.15, 0.2) is 48.5 Å². The molecule has 272 valence electrons. The zero-order valence-corrected chi connectivity index (χ0v) is 30.4. The predicted molar refractivity (Wildman–Crippen MR) is 198 cm³/mol. The zero-order chi connectivity index (χ0) is 35.3. The molecule has 4 aliphatic heterocycles. The third kappa shape index (κ3) is 6.86. The van der Waals surface area contributed by atoms with E-state index in [4.69, 9.17) is 9.72 Å². The quantitative estimate of drug-likeness (QED) is 0.254. The molecule has 5 heterocycles. The molecule has 13 heteroatoms. The van der Waals surface area contributed by atoms with Crippen LogP contribution in [-0.4, -0.2) is 139 Å². The van der Waals surface area contributed by atoms with Crippen molar-refractivity contribution in [2.75, 3.05) is 83.7 Å². The molecule has 11 nitrogen and oxygen atoms in total. The van der Waals surface area contributed by atoms with E-state index >= 15 is 4.39 Å². The molecule has 1 N–H and O–H groups in total. The van der Waals surface area contributed by atoms with Gasteiger partial charge >= 0.3 is 6.01 Å². The Labute approximate surface area is 299 Å². The normalized spacial score (nSPS) is 23.9. The number of hydrogen-bond donors (Lipinski definition) is 1. The van der Waals surface area contributed by atoms with E-state index in [2.05, 4.69) is 38.7 Å². The van der Waals surface area contributed by atoms with Gasteiger partial charge in [0.05, 0.1) is 5.75 Å². The first-order chi connectivity index (χ1) is 24.6. The van der Waals surface area contributed by atoms with Gasteiger partial charge in [-0.25, -0.2) is 12.8 Å². The van der Waals surface area contributed by atoms with Crippen molar-refractivity contribution in [1.29, 1.82) is 0 Å². The number of likely N-dealkylation sites (N-methyl/N-ethyl adjacent to an activating group) is 2. The number of aromatic nitrogens is 2. The summed E-state index contributed by atoms with van der Waals surface area (Å²) in [6, 6.07) is 14.4. The first-order valence-corrected chi connectivity index (χ1v) is 20.0. The first kappa shape index (κ1) is 34.5. The Bertz CT molecular complexity index is 2010. The van der Waals surface area contributed by atoms with E-state index in [1.807, 2.05) is 30.3 Å². The maximum absolute atomic E-state index is 16.9. The maximum Gasteiger partial charge on any atom is 0.319 e. The molecule has 4 aromatic rings. The number of anilines is 1. The Morgan fingerprint density at radius 2 is 1.67 bits per heavy atom. The van der Waals surface area contributed by atoms with Crippen molar-refractivity contribution in [3.05, 3.63) is 54.3 Å². The fraction of sp³-hybridized carbons (Fsp3) is 0.526. The molecule has 0 spiro atoms. The van der Waals surface area contributed by atoms with E-state index in [-0.39, 0.29) is 41.2 Å². The highest BCUT2D eigenvalue weighted by atomic mass is 32.2. The number of benzene rings is 3.